The Morgan fingerprint density at radius 2 is 1.90 bits per heavy atom. The monoisotopic (exact) mass is 293 g/mol. The maximum absolute atomic E-state index is 10.7. The minimum atomic E-state index is -0.736. The summed E-state index contributed by atoms with van der Waals surface area (Å²) in [5.41, 5.74) is 1.22. The molecule has 0 saturated heterocycles. The maximum atomic E-state index is 10.7. The number of aryl methyl sites for hydroxylation is 1. The number of carboxylic acids is 1. The smallest absolute Gasteiger partial charge is 0.304 e. The van der Waals surface area contributed by atoms with Crippen LogP contribution in [0.1, 0.15) is 32.3 Å². The van der Waals surface area contributed by atoms with Crippen molar-refractivity contribution in [2.45, 2.75) is 33.6 Å². The molecule has 0 fully saturated rings. The lowest BCUT2D eigenvalue weighted by molar-refractivity contribution is -0.137. The second kappa shape index (κ2) is 9.40. The molecule has 1 aromatic rings. The number of hydrogen-bond acceptors (Lipinski definition) is 3. The first-order valence-corrected chi connectivity index (χ1v) is 7.61. The summed E-state index contributed by atoms with van der Waals surface area (Å²) in [6.45, 7) is 9.42. The van der Waals surface area contributed by atoms with E-state index in [-0.39, 0.29) is 6.42 Å². The van der Waals surface area contributed by atoms with Crippen LogP contribution in [0, 0.1) is 12.8 Å². The first kappa shape index (κ1) is 17.5. The van der Waals surface area contributed by atoms with E-state index >= 15 is 0 Å². The van der Waals surface area contributed by atoms with Gasteiger partial charge in [0.15, 0.2) is 0 Å². The van der Waals surface area contributed by atoms with Crippen molar-refractivity contribution in [2.24, 2.45) is 5.92 Å². The van der Waals surface area contributed by atoms with E-state index in [1.165, 1.54) is 5.56 Å². The Morgan fingerprint density at radius 1 is 1.24 bits per heavy atom. The number of aliphatic carboxylic acids is 1. The van der Waals surface area contributed by atoms with Crippen LogP contribution in [-0.2, 0) is 4.79 Å². The number of carboxylic acid groups (broad SMARTS) is 1. The summed E-state index contributed by atoms with van der Waals surface area (Å²) in [5.74, 6) is 0.693. The number of ether oxygens (including phenoxy) is 1. The SMILES string of the molecule is Cc1ccc(OCCCN(CCC(=O)O)CC(C)C)cc1. The lowest BCUT2D eigenvalue weighted by Gasteiger charge is -2.23. The molecule has 0 aliphatic heterocycles. The highest BCUT2D eigenvalue weighted by Gasteiger charge is 2.09. The van der Waals surface area contributed by atoms with E-state index < -0.39 is 5.97 Å². The predicted octanol–water partition coefficient (Wildman–Crippen LogP) is 3.20. The summed E-state index contributed by atoms with van der Waals surface area (Å²) in [5, 5.41) is 8.79. The third-order valence-corrected chi connectivity index (χ3v) is 3.17. The van der Waals surface area contributed by atoms with Gasteiger partial charge in [0.05, 0.1) is 13.0 Å². The molecular weight excluding hydrogens is 266 g/mol. The van der Waals surface area contributed by atoms with E-state index in [4.69, 9.17) is 9.84 Å². The molecular formula is C17H27NO3. The zero-order chi connectivity index (χ0) is 15.7. The van der Waals surface area contributed by atoms with Crippen LogP contribution in [0.4, 0.5) is 0 Å². The number of carbonyl (C=O) groups is 1. The van der Waals surface area contributed by atoms with Gasteiger partial charge in [-0.25, -0.2) is 0 Å². The van der Waals surface area contributed by atoms with E-state index in [0.717, 1.165) is 25.3 Å². The highest BCUT2D eigenvalue weighted by Crippen LogP contribution is 2.11. The van der Waals surface area contributed by atoms with E-state index in [0.29, 0.717) is 19.1 Å². The van der Waals surface area contributed by atoms with Crippen molar-refractivity contribution in [3.05, 3.63) is 29.8 Å². The molecule has 0 radical (unpaired) electrons. The van der Waals surface area contributed by atoms with Crippen molar-refractivity contribution in [2.75, 3.05) is 26.2 Å². The van der Waals surface area contributed by atoms with Crippen LogP contribution in [-0.4, -0.2) is 42.2 Å². The van der Waals surface area contributed by atoms with Gasteiger partial charge < -0.3 is 14.7 Å². The van der Waals surface area contributed by atoms with E-state index in [2.05, 4.69) is 25.7 Å². The fourth-order valence-corrected chi connectivity index (χ4v) is 2.18. The molecule has 0 saturated carbocycles. The van der Waals surface area contributed by atoms with Crippen molar-refractivity contribution in [1.29, 1.82) is 0 Å². The Balaban J connectivity index is 2.28. The highest BCUT2D eigenvalue weighted by atomic mass is 16.5. The Labute approximate surface area is 127 Å². The van der Waals surface area contributed by atoms with Gasteiger partial charge in [-0.3, -0.25) is 4.79 Å². The second-order valence-corrected chi connectivity index (χ2v) is 5.85. The molecule has 0 aliphatic carbocycles. The van der Waals surface area contributed by atoms with Crippen LogP contribution in [0.25, 0.3) is 0 Å². The van der Waals surface area contributed by atoms with E-state index in [1.807, 2.05) is 24.3 Å². The molecule has 1 rings (SSSR count). The molecule has 0 heterocycles. The summed E-state index contributed by atoms with van der Waals surface area (Å²) in [6, 6.07) is 8.03. The molecule has 0 aliphatic rings. The van der Waals surface area contributed by atoms with Gasteiger partial charge in [0.2, 0.25) is 0 Å². The van der Waals surface area contributed by atoms with Crippen molar-refractivity contribution >= 4 is 5.97 Å². The zero-order valence-electron chi connectivity index (χ0n) is 13.3. The Hall–Kier alpha value is -1.55. The Morgan fingerprint density at radius 3 is 2.48 bits per heavy atom. The number of benzene rings is 1. The average molecular weight is 293 g/mol. The molecule has 21 heavy (non-hydrogen) atoms. The summed E-state index contributed by atoms with van der Waals surface area (Å²) < 4.78 is 5.70. The molecule has 4 heteroatoms. The molecule has 0 spiro atoms. The number of nitrogens with zero attached hydrogens (tertiary/aromatic N) is 1. The minimum absolute atomic E-state index is 0.200. The highest BCUT2D eigenvalue weighted by molar-refractivity contribution is 5.66. The summed E-state index contributed by atoms with van der Waals surface area (Å²) in [7, 11) is 0. The fraction of sp³-hybridized carbons (Fsp3) is 0.588. The van der Waals surface area contributed by atoms with Gasteiger partial charge in [-0.05, 0) is 31.4 Å². The lowest BCUT2D eigenvalue weighted by Crippen LogP contribution is -2.31. The zero-order valence-corrected chi connectivity index (χ0v) is 13.3. The Bertz CT molecular complexity index is 415. The maximum Gasteiger partial charge on any atom is 0.304 e. The van der Waals surface area contributed by atoms with E-state index in [9.17, 15) is 4.79 Å². The van der Waals surface area contributed by atoms with Gasteiger partial charge >= 0.3 is 5.97 Å². The van der Waals surface area contributed by atoms with Gasteiger partial charge in [-0.15, -0.1) is 0 Å². The average Bonchev–Trinajstić information content (AvgIpc) is 2.42. The van der Waals surface area contributed by atoms with Gasteiger partial charge in [-0.2, -0.15) is 0 Å². The van der Waals surface area contributed by atoms with Crippen molar-refractivity contribution in [1.82, 2.24) is 4.90 Å². The van der Waals surface area contributed by atoms with Crippen molar-refractivity contribution in [3.63, 3.8) is 0 Å². The first-order chi connectivity index (χ1) is 9.97. The standard InChI is InChI=1S/C17H27NO3/c1-14(2)13-18(11-9-17(19)20)10-4-12-21-16-7-5-15(3)6-8-16/h5-8,14H,4,9-13H2,1-3H3,(H,19,20). The minimum Gasteiger partial charge on any atom is -0.494 e. The normalized spacial score (nSPS) is 11.1. The van der Waals surface area contributed by atoms with E-state index in [1.54, 1.807) is 0 Å². The molecule has 0 amide bonds. The van der Waals surface area contributed by atoms with Crippen LogP contribution in [0.15, 0.2) is 24.3 Å². The lowest BCUT2D eigenvalue weighted by atomic mass is 10.2. The summed E-state index contributed by atoms with van der Waals surface area (Å²) in [4.78, 5) is 12.9. The van der Waals surface area contributed by atoms with Crippen LogP contribution >= 0.6 is 0 Å². The van der Waals surface area contributed by atoms with Crippen LogP contribution < -0.4 is 4.74 Å². The fourth-order valence-electron chi connectivity index (χ4n) is 2.18. The summed E-state index contributed by atoms with van der Waals surface area (Å²) >= 11 is 0. The quantitative estimate of drug-likeness (QED) is 0.673. The largest absolute Gasteiger partial charge is 0.494 e. The van der Waals surface area contributed by atoms with Crippen LogP contribution in [0.2, 0.25) is 0 Å². The van der Waals surface area contributed by atoms with Gasteiger partial charge in [0, 0.05) is 19.6 Å². The third kappa shape index (κ3) is 8.35. The van der Waals surface area contributed by atoms with Crippen LogP contribution in [0.3, 0.4) is 0 Å². The van der Waals surface area contributed by atoms with Crippen molar-refractivity contribution in [3.8, 4) is 5.75 Å². The summed E-state index contributed by atoms with van der Waals surface area (Å²) in [6.07, 6.45) is 1.10. The van der Waals surface area contributed by atoms with Gasteiger partial charge in [0.25, 0.3) is 0 Å². The predicted molar refractivity (Wildman–Crippen MR) is 84.8 cm³/mol. The molecule has 0 atom stereocenters. The molecule has 0 unspecified atom stereocenters. The van der Waals surface area contributed by atoms with Gasteiger partial charge in [0.1, 0.15) is 5.75 Å². The second-order valence-electron chi connectivity index (χ2n) is 5.85. The van der Waals surface area contributed by atoms with Crippen molar-refractivity contribution < 1.29 is 14.6 Å². The molecule has 118 valence electrons. The third-order valence-electron chi connectivity index (χ3n) is 3.17. The topological polar surface area (TPSA) is 49.8 Å². The molecule has 1 N–H and O–H groups in total. The number of rotatable bonds is 10. The molecule has 1 aromatic carbocycles. The van der Waals surface area contributed by atoms with Gasteiger partial charge in [-0.1, -0.05) is 31.5 Å². The molecule has 0 bridgehead atoms. The number of hydrogen-bond donors (Lipinski definition) is 1. The molecule has 4 nitrogen and oxygen atoms in total. The van der Waals surface area contributed by atoms with Crippen LogP contribution in [0.5, 0.6) is 5.75 Å². The molecule has 0 aromatic heterocycles. The first-order valence-electron chi connectivity index (χ1n) is 7.61. The Kier molecular flexibility index (Phi) is 7.83.